The van der Waals surface area contributed by atoms with Crippen LogP contribution in [0.4, 0.5) is 0 Å². The van der Waals surface area contributed by atoms with Crippen LogP contribution < -0.4 is 15.2 Å². The Balaban J connectivity index is 1.52. The largest absolute Gasteiger partial charge is 0.494 e. The van der Waals surface area contributed by atoms with Gasteiger partial charge in [-0.3, -0.25) is 0 Å². The molecule has 0 fully saturated rings. The first kappa shape index (κ1) is 24.1. The highest BCUT2D eigenvalue weighted by atomic mass is 32.2. The van der Waals surface area contributed by atoms with Gasteiger partial charge in [-0.25, -0.2) is 23.0 Å². The van der Waals surface area contributed by atoms with Gasteiger partial charge in [-0.2, -0.15) is 4.72 Å². The number of nitrogens with one attached hydrogen (secondary N) is 1. The number of nitrogens with zero attached hydrogens (tertiary/aromatic N) is 2. The molecule has 1 heterocycles. The molecule has 174 valence electrons. The third-order valence-electron chi connectivity index (χ3n) is 4.49. The third kappa shape index (κ3) is 6.72. The van der Waals surface area contributed by atoms with Gasteiger partial charge < -0.3 is 19.8 Å². The third-order valence-corrected chi connectivity index (χ3v) is 6.07. The van der Waals surface area contributed by atoms with Gasteiger partial charge in [0.05, 0.1) is 23.4 Å². The molecule has 3 rings (SSSR count). The molecule has 10 nitrogen and oxygen atoms in total. The lowest BCUT2D eigenvalue weighted by molar-refractivity contribution is -0.144. The van der Waals surface area contributed by atoms with Crippen molar-refractivity contribution in [3.05, 3.63) is 78.9 Å². The summed E-state index contributed by atoms with van der Waals surface area (Å²) < 4.78 is 39.2. The summed E-state index contributed by atoms with van der Waals surface area (Å²) in [4.78, 5) is 28.6. The van der Waals surface area contributed by atoms with E-state index in [4.69, 9.17) is 15.2 Å². The van der Waals surface area contributed by atoms with E-state index in [1.54, 1.807) is 30.7 Å². The minimum absolute atomic E-state index is 0.0795. The summed E-state index contributed by atoms with van der Waals surface area (Å²) >= 11 is 0. The Kier molecular flexibility index (Phi) is 7.59. The summed E-state index contributed by atoms with van der Waals surface area (Å²) in [6.07, 6.45) is 6.05. The van der Waals surface area contributed by atoms with Crippen molar-refractivity contribution < 1.29 is 27.5 Å². The molecule has 11 heteroatoms. The fraction of sp³-hybridized carbons (Fsp3) is 0.227. The van der Waals surface area contributed by atoms with E-state index in [1.165, 1.54) is 36.4 Å². The van der Waals surface area contributed by atoms with Crippen molar-refractivity contribution in [3.8, 4) is 5.75 Å². The molecule has 0 amide bonds. The fourth-order valence-corrected chi connectivity index (χ4v) is 4.05. The van der Waals surface area contributed by atoms with Crippen molar-refractivity contribution in [2.75, 3.05) is 6.61 Å². The molecular formula is C22H24N4O6S. The van der Waals surface area contributed by atoms with E-state index >= 15 is 0 Å². The quantitative estimate of drug-likeness (QED) is 0.196. The number of benzene rings is 2. The smallest absolute Gasteiger partial charge is 0.349 e. The maximum Gasteiger partial charge on any atom is 0.349 e. The fourth-order valence-electron chi connectivity index (χ4n) is 2.77. The minimum atomic E-state index is -4.10. The monoisotopic (exact) mass is 472 g/mol. The van der Waals surface area contributed by atoms with Gasteiger partial charge in [0.15, 0.2) is 5.66 Å². The zero-order valence-corrected chi connectivity index (χ0v) is 18.7. The van der Waals surface area contributed by atoms with Gasteiger partial charge in [-0.1, -0.05) is 18.2 Å². The van der Waals surface area contributed by atoms with Crippen molar-refractivity contribution in [1.82, 2.24) is 14.3 Å². The molecule has 2 aromatic carbocycles. The maximum absolute atomic E-state index is 12.4. The molecule has 0 unspecified atom stereocenters. The van der Waals surface area contributed by atoms with Crippen LogP contribution in [0.15, 0.2) is 78.2 Å². The zero-order valence-electron chi connectivity index (χ0n) is 17.9. The molecule has 3 aromatic rings. The summed E-state index contributed by atoms with van der Waals surface area (Å²) in [5, 5.41) is 0. The van der Waals surface area contributed by atoms with Crippen LogP contribution in [0, 0.1) is 0 Å². The topological polar surface area (TPSA) is 143 Å². The van der Waals surface area contributed by atoms with Crippen LogP contribution in [0.1, 0.15) is 23.7 Å². The Bertz CT molecular complexity index is 1180. The average Bonchev–Trinajstić information content (AvgIpc) is 3.30. The number of esters is 2. The van der Waals surface area contributed by atoms with E-state index in [0.717, 1.165) is 19.9 Å². The number of rotatable bonds is 10. The first-order valence-corrected chi connectivity index (χ1v) is 11.5. The van der Waals surface area contributed by atoms with Crippen LogP contribution in [0.2, 0.25) is 0 Å². The number of carbonyl (C=O) groups is 2. The SMILES string of the molecule is C[C@](N)(NS(=O)(=O)c1ccccc1)C(=O)OC(=O)c1ccc(OCCCn2ccnc2)cc1. The molecule has 0 aliphatic carbocycles. The molecule has 3 N–H and O–H groups in total. The highest BCUT2D eigenvalue weighted by Gasteiger charge is 2.37. The number of hydrogen-bond donors (Lipinski definition) is 2. The lowest BCUT2D eigenvalue weighted by Gasteiger charge is -2.23. The predicted octanol–water partition coefficient (Wildman–Crippen LogP) is 1.69. The first-order chi connectivity index (χ1) is 15.7. The Morgan fingerprint density at radius 3 is 2.45 bits per heavy atom. The average molecular weight is 473 g/mol. The van der Waals surface area contributed by atoms with E-state index in [0.29, 0.717) is 12.4 Å². The number of nitrogens with two attached hydrogens (primary N) is 1. The Morgan fingerprint density at radius 1 is 1.12 bits per heavy atom. The minimum Gasteiger partial charge on any atom is -0.494 e. The van der Waals surface area contributed by atoms with Gasteiger partial charge in [-0.15, -0.1) is 0 Å². The number of hydrogen-bond acceptors (Lipinski definition) is 8. The molecular weight excluding hydrogens is 448 g/mol. The Hall–Kier alpha value is -3.54. The molecule has 0 aliphatic heterocycles. The van der Waals surface area contributed by atoms with Crippen molar-refractivity contribution in [2.45, 2.75) is 30.4 Å². The lowest BCUT2D eigenvalue weighted by atomic mass is 10.2. The molecule has 0 radical (unpaired) electrons. The van der Waals surface area contributed by atoms with E-state index in [1.807, 2.05) is 10.8 Å². The molecule has 0 bridgehead atoms. The van der Waals surface area contributed by atoms with E-state index in [2.05, 4.69) is 9.71 Å². The number of aryl methyl sites for hydroxylation is 1. The zero-order chi connectivity index (χ0) is 23.9. The van der Waals surface area contributed by atoms with Crippen LogP contribution in [0.5, 0.6) is 5.75 Å². The highest BCUT2D eigenvalue weighted by Crippen LogP contribution is 2.15. The number of imidazole rings is 1. The normalized spacial score (nSPS) is 13.2. The van der Waals surface area contributed by atoms with E-state index in [9.17, 15) is 18.0 Å². The van der Waals surface area contributed by atoms with E-state index < -0.39 is 27.6 Å². The summed E-state index contributed by atoms with van der Waals surface area (Å²) in [5.41, 5.74) is 3.71. The molecule has 0 saturated heterocycles. The number of carbonyl (C=O) groups excluding carboxylic acids is 2. The lowest BCUT2D eigenvalue weighted by Crippen LogP contribution is -2.60. The second kappa shape index (κ2) is 10.4. The summed E-state index contributed by atoms with van der Waals surface area (Å²) in [6, 6.07) is 13.4. The van der Waals surface area contributed by atoms with Crippen LogP contribution in [-0.2, 0) is 26.1 Å². The number of aromatic nitrogens is 2. The summed E-state index contributed by atoms with van der Waals surface area (Å²) in [5.74, 6) is -1.67. The van der Waals surface area contributed by atoms with Crippen molar-refractivity contribution in [2.24, 2.45) is 5.73 Å². The van der Waals surface area contributed by atoms with Gasteiger partial charge in [-0.05, 0) is 49.7 Å². The van der Waals surface area contributed by atoms with Gasteiger partial charge >= 0.3 is 11.9 Å². The second-order valence-electron chi connectivity index (χ2n) is 7.32. The van der Waals surface area contributed by atoms with Crippen molar-refractivity contribution in [3.63, 3.8) is 0 Å². The number of sulfonamides is 1. The molecule has 0 aliphatic rings. The summed E-state index contributed by atoms with van der Waals surface area (Å²) in [6.45, 7) is 2.33. The van der Waals surface area contributed by atoms with Gasteiger partial charge in [0, 0.05) is 18.9 Å². The van der Waals surface area contributed by atoms with E-state index in [-0.39, 0.29) is 10.5 Å². The Morgan fingerprint density at radius 2 is 1.82 bits per heavy atom. The van der Waals surface area contributed by atoms with Crippen LogP contribution >= 0.6 is 0 Å². The van der Waals surface area contributed by atoms with Crippen LogP contribution in [-0.4, -0.2) is 42.2 Å². The van der Waals surface area contributed by atoms with Crippen molar-refractivity contribution in [1.29, 1.82) is 0 Å². The highest BCUT2D eigenvalue weighted by molar-refractivity contribution is 7.89. The summed E-state index contributed by atoms with van der Waals surface area (Å²) in [7, 11) is -4.10. The maximum atomic E-state index is 12.4. The molecule has 1 atom stereocenters. The molecule has 33 heavy (non-hydrogen) atoms. The van der Waals surface area contributed by atoms with Gasteiger partial charge in [0.25, 0.3) is 0 Å². The predicted molar refractivity (Wildman–Crippen MR) is 119 cm³/mol. The Labute approximate surface area is 191 Å². The van der Waals surface area contributed by atoms with Gasteiger partial charge in [0.2, 0.25) is 10.0 Å². The molecule has 0 spiro atoms. The van der Waals surface area contributed by atoms with Crippen molar-refractivity contribution >= 4 is 22.0 Å². The number of ether oxygens (including phenoxy) is 2. The molecule has 1 aromatic heterocycles. The van der Waals surface area contributed by atoms with Crippen LogP contribution in [0.3, 0.4) is 0 Å². The first-order valence-electron chi connectivity index (χ1n) is 10.0. The van der Waals surface area contributed by atoms with Gasteiger partial charge in [0.1, 0.15) is 5.75 Å². The standard InChI is InChI=1S/C22H24N4O6S/c1-22(23,25-33(29,30)19-6-3-2-4-7-19)21(28)32-20(27)17-8-10-18(11-9-17)31-15-5-13-26-14-12-24-16-26/h2-4,6-12,14,16,25H,5,13,15,23H2,1H3/t22-/m0/s1. The second-order valence-corrected chi connectivity index (χ2v) is 9.01. The molecule has 0 saturated carbocycles. The van der Waals surface area contributed by atoms with Crippen LogP contribution in [0.25, 0.3) is 0 Å².